The number of rotatable bonds is 6. The predicted octanol–water partition coefficient (Wildman–Crippen LogP) is 3.76. The van der Waals surface area contributed by atoms with E-state index in [-0.39, 0.29) is 12.3 Å². The van der Waals surface area contributed by atoms with Gasteiger partial charge in [-0.05, 0) is 64.0 Å². The molecular formula is C20H16BrClN2O6. The summed E-state index contributed by atoms with van der Waals surface area (Å²) in [4.78, 5) is 37.4. The largest absolute Gasteiger partial charge is 0.493 e. The van der Waals surface area contributed by atoms with Gasteiger partial charge in [-0.25, -0.2) is 14.5 Å². The van der Waals surface area contributed by atoms with E-state index in [1.807, 2.05) is 0 Å². The van der Waals surface area contributed by atoms with Crippen LogP contribution in [0.25, 0.3) is 6.08 Å². The molecule has 0 spiro atoms. The molecule has 0 bridgehead atoms. The van der Waals surface area contributed by atoms with Gasteiger partial charge in [0.2, 0.25) is 0 Å². The van der Waals surface area contributed by atoms with E-state index in [9.17, 15) is 14.4 Å². The van der Waals surface area contributed by atoms with Crippen LogP contribution in [0.4, 0.5) is 10.5 Å². The first kappa shape index (κ1) is 21.7. The molecule has 0 aromatic heterocycles. The molecule has 8 nitrogen and oxygen atoms in total. The summed E-state index contributed by atoms with van der Waals surface area (Å²) in [6, 6.07) is 9.03. The van der Waals surface area contributed by atoms with Crippen LogP contribution in [-0.2, 0) is 14.3 Å². The summed E-state index contributed by atoms with van der Waals surface area (Å²) in [6.45, 7) is -0.295. The van der Waals surface area contributed by atoms with E-state index < -0.39 is 17.9 Å². The number of amides is 3. The molecule has 0 saturated carbocycles. The minimum Gasteiger partial charge on any atom is -0.493 e. The van der Waals surface area contributed by atoms with Gasteiger partial charge in [-0.15, -0.1) is 0 Å². The minimum absolute atomic E-state index is 0.0899. The topological polar surface area (TPSA) is 94.2 Å². The lowest BCUT2D eigenvalue weighted by Gasteiger charge is -2.13. The highest BCUT2D eigenvalue weighted by Gasteiger charge is 2.34. The van der Waals surface area contributed by atoms with Crippen molar-refractivity contribution in [3.05, 3.63) is 57.2 Å². The first-order valence-corrected chi connectivity index (χ1v) is 9.71. The second-order valence-electron chi connectivity index (χ2n) is 6.00. The maximum Gasteiger partial charge on any atom is 0.343 e. The molecular weight excluding hydrogens is 480 g/mol. The minimum atomic E-state index is -0.572. The molecule has 2 aromatic rings. The van der Waals surface area contributed by atoms with Crippen LogP contribution < -0.4 is 19.7 Å². The molecule has 1 saturated heterocycles. The number of ether oxygens (including phenoxy) is 3. The molecule has 0 radical (unpaired) electrons. The summed E-state index contributed by atoms with van der Waals surface area (Å²) < 4.78 is 15.8. The lowest BCUT2D eigenvalue weighted by Crippen LogP contribution is -2.30. The van der Waals surface area contributed by atoms with Crippen molar-refractivity contribution in [2.75, 3.05) is 25.7 Å². The number of nitrogens with one attached hydrogen (secondary N) is 1. The number of nitrogens with zero attached hydrogens (tertiary/aromatic N) is 1. The Hall–Kier alpha value is -3.04. The monoisotopic (exact) mass is 494 g/mol. The van der Waals surface area contributed by atoms with Crippen LogP contribution in [0.1, 0.15) is 5.56 Å². The van der Waals surface area contributed by atoms with Gasteiger partial charge in [-0.1, -0.05) is 11.6 Å². The molecule has 0 aliphatic carbocycles. The highest BCUT2D eigenvalue weighted by Crippen LogP contribution is 2.37. The van der Waals surface area contributed by atoms with Gasteiger partial charge in [0.1, 0.15) is 5.70 Å². The third-order valence-corrected chi connectivity index (χ3v) is 4.93. The number of benzene rings is 2. The molecule has 1 fully saturated rings. The number of carbonyl (C=O) groups is 3. The molecule has 0 unspecified atom stereocenters. The molecule has 3 rings (SSSR count). The summed E-state index contributed by atoms with van der Waals surface area (Å²) in [5.74, 6) is -0.429. The summed E-state index contributed by atoms with van der Waals surface area (Å²) in [5.41, 5.74) is 1.05. The summed E-state index contributed by atoms with van der Waals surface area (Å²) in [7, 11) is 2.70. The lowest BCUT2D eigenvalue weighted by atomic mass is 10.1. The number of hydrogen-bond acceptors (Lipinski definition) is 6. The lowest BCUT2D eigenvalue weighted by molar-refractivity contribution is -0.142. The molecule has 0 atom stereocenters. The average molecular weight is 496 g/mol. The predicted molar refractivity (Wildman–Crippen MR) is 114 cm³/mol. The Morgan fingerprint density at radius 3 is 2.53 bits per heavy atom. The molecule has 30 heavy (non-hydrogen) atoms. The molecule has 1 N–H and O–H groups in total. The van der Waals surface area contributed by atoms with E-state index in [4.69, 9.17) is 21.1 Å². The fourth-order valence-corrected chi connectivity index (χ4v) is 3.38. The van der Waals surface area contributed by atoms with E-state index in [0.29, 0.717) is 32.2 Å². The van der Waals surface area contributed by atoms with Gasteiger partial charge >= 0.3 is 12.0 Å². The quantitative estimate of drug-likeness (QED) is 0.373. The SMILES string of the molecule is COC(=O)COc1c(Br)cc(/C=C2/NC(=O)N(c3ccc(Cl)cc3)C2=O)cc1OC. The fourth-order valence-electron chi connectivity index (χ4n) is 2.68. The number of anilines is 1. The first-order chi connectivity index (χ1) is 14.3. The fraction of sp³-hybridized carbons (Fsp3) is 0.150. The normalized spacial score (nSPS) is 14.7. The maximum atomic E-state index is 12.7. The average Bonchev–Trinajstić information content (AvgIpc) is 3.00. The smallest absolute Gasteiger partial charge is 0.343 e. The van der Waals surface area contributed by atoms with Crippen LogP contribution in [0.3, 0.4) is 0 Å². The second kappa shape index (κ2) is 9.19. The van der Waals surface area contributed by atoms with Crippen molar-refractivity contribution >= 4 is 57.2 Å². The van der Waals surface area contributed by atoms with Crippen molar-refractivity contribution in [2.24, 2.45) is 0 Å². The second-order valence-corrected chi connectivity index (χ2v) is 7.29. The van der Waals surface area contributed by atoms with Crippen LogP contribution in [-0.4, -0.2) is 38.7 Å². The third-order valence-electron chi connectivity index (χ3n) is 4.09. The van der Waals surface area contributed by atoms with Crippen molar-refractivity contribution in [3.8, 4) is 11.5 Å². The zero-order chi connectivity index (χ0) is 21.8. The molecule has 1 aliphatic heterocycles. The summed E-state index contributed by atoms with van der Waals surface area (Å²) in [5, 5.41) is 3.05. The van der Waals surface area contributed by atoms with Crippen molar-refractivity contribution < 1.29 is 28.6 Å². The highest BCUT2D eigenvalue weighted by molar-refractivity contribution is 9.10. The van der Waals surface area contributed by atoms with E-state index >= 15 is 0 Å². The van der Waals surface area contributed by atoms with E-state index in [1.54, 1.807) is 36.4 Å². The van der Waals surface area contributed by atoms with Gasteiger partial charge in [0, 0.05) is 5.02 Å². The van der Waals surface area contributed by atoms with Gasteiger partial charge in [-0.2, -0.15) is 0 Å². The number of methoxy groups -OCH3 is 2. The van der Waals surface area contributed by atoms with E-state index in [2.05, 4.69) is 26.0 Å². The Labute approximate surface area is 185 Å². The van der Waals surface area contributed by atoms with Crippen molar-refractivity contribution in [3.63, 3.8) is 0 Å². The Bertz CT molecular complexity index is 1040. The molecule has 1 aliphatic rings. The number of hydrogen-bond donors (Lipinski definition) is 1. The molecule has 10 heteroatoms. The van der Waals surface area contributed by atoms with Crippen LogP contribution in [0.15, 0.2) is 46.6 Å². The number of imide groups is 1. The van der Waals surface area contributed by atoms with E-state index in [1.165, 1.54) is 20.3 Å². The molecule has 3 amide bonds. The van der Waals surface area contributed by atoms with Gasteiger partial charge in [0.15, 0.2) is 18.1 Å². The van der Waals surface area contributed by atoms with Gasteiger partial charge in [0.05, 0.1) is 24.4 Å². The summed E-state index contributed by atoms with van der Waals surface area (Å²) in [6.07, 6.45) is 1.51. The van der Waals surface area contributed by atoms with E-state index in [0.717, 1.165) is 4.90 Å². The Kier molecular flexibility index (Phi) is 6.63. The number of carbonyl (C=O) groups excluding carboxylic acids is 3. The number of esters is 1. The van der Waals surface area contributed by atoms with Crippen molar-refractivity contribution in [2.45, 2.75) is 0 Å². The zero-order valence-corrected chi connectivity index (χ0v) is 18.2. The van der Waals surface area contributed by atoms with Gasteiger partial charge < -0.3 is 19.5 Å². The molecule has 2 aromatic carbocycles. The Morgan fingerprint density at radius 1 is 1.20 bits per heavy atom. The Balaban J connectivity index is 1.88. The van der Waals surface area contributed by atoms with Crippen molar-refractivity contribution in [1.82, 2.24) is 5.32 Å². The third kappa shape index (κ3) is 4.58. The number of halogens is 2. The van der Waals surface area contributed by atoms with Crippen molar-refractivity contribution in [1.29, 1.82) is 0 Å². The van der Waals surface area contributed by atoms with Crippen LogP contribution in [0.2, 0.25) is 5.02 Å². The van der Waals surface area contributed by atoms with Gasteiger partial charge in [0.25, 0.3) is 5.91 Å². The standard InChI is InChI=1S/C20H16BrClN2O6/c1-28-16-9-11(7-14(21)18(16)30-10-17(25)29-2)8-15-19(26)24(20(27)23-15)13-5-3-12(22)4-6-13/h3-9H,10H2,1-2H3,(H,23,27)/b15-8+. The van der Waals surface area contributed by atoms with Crippen LogP contribution in [0, 0.1) is 0 Å². The van der Waals surface area contributed by atoms with Crippen LogP contribution in [0.5, 0.6) is 11.5 Å². The maximum absolute atomic E-state index is 12.7. The van der Waals surface area contributed by atoms with Crippen LogP contribution >= 0.6 is 27.5 Å². The summed E-state index contributed by atoms with van der Waals surface area (Å²) >= 11 is 9.22. The van der Waals surface area contributed by atoms with Gasteiger partial charge in [-0.3, -0.25) is 4.79 Å². The molecule has 156 valence electrons. The highest BCUT2D eigenvalue weighted by atomic mass is 79.9. The zero-order valence-electron chi connectivity index (χ0n) is 15.9. The number of urea groups is 1. The Morgan fingerprint density at radius 2 is 1.90 bits per heavy atom. The molecule has 1 heterocycles. The first-order valence-electron chi connectivity index (χ1n) is 8.54.